The lowest BCUT2D eigenvalue weighted by molar-refractivity contribution is 1.07. The van der Waals surface area contributed by atoms with Gasteiger partial charge in [-0.3, -0.25) is 15.0 Å². The van der Waals surface area contributed by atoms with Crippen molar-refractivity contribution in [2.45, 2.75) is 0 Å². The van der Waals surface area contributed by atoms with E-state index in [9.17, 15) is 0 Å². The summed E-state index contributed by atoms with van der Waals surface area (Å²) in [5.74, 6) is 1.81. The molecule has 0 saturated heterocycles. The van der Waals surface area contributed by atoms with Crippen molar-refractivity contribution in [3.63, 3.8) is 0 Å². The minimum Gasteiger partial charge on any atom is -0.265 e. The van der Waals surface area contributed by atoms with Crippen LogP contribution < -0.4 is 0 Å². The van der Waals surface area contributed by atoms with E-state index in [2.05, 4.69) is 93.8 Å². The van der Waals surface area contributed by atoms with E-state index in [1.807, 2.05) is 67.0 Å². The van der Waals surface area contributed by atoms with Gasteiger partial charge in [-0.15, -0.1) is 0 Å². The third-order valence-electron chi connectivity index (χ3n) is 8.20. The fourth-order valence-electron chi connectivity index (χ4n) is 5.74. The SMILES string of the molecule is c1ccc(-c2nc(-c3ccc(-c4ccncc4)cc3)nc(-c3cc(-c4cccnc4)cc(-c4cccc(-c5cccnc5)c4)c3)n2)cc1. The maximum absolute atomic E-state index is 5.08. The smallest absolute Gasteiger partial charge is 0.164 e. The van der Waals surface area contributed by atoms with Crippen LogP contribution in [-0.4, -0.2) is 29.9 Å². The lowest BCUT2D eigenvalue weighted by atomic mass is 9.94. The van der Waals surface area contributed by atoms with Crippen LogP contribution in [0.25, 0.3) is 78.7 Å². The van der Waals surface area contributed by atoms with Gasteiger partial charge >= 0.3 is 0 Å². The Morgan fingerprint density at radius 1 is 0.250 bits per heavy atom. The summed E-state index contributed by atoms with van der Waals surface area (Å²) in [7, 11) is 0. The van der Waals surface area contributed by atoms with E-state index in [0.29, 0.717) is 17.5 Å². The lowest BCUT2D eigenvalue weighted by Gasteiger charge is -2.13. The number of benzene rings is 4. The van der Waals surface area contributed by atoms with Crippen molar-refractivity contribution < 1.29 is 0 Å². The molecular weight excluding hydrogens is 589 g/mol. The predicted molar refractivity (Wildman–Crippen MR) is 191 cm³/mol. The quantitative estimate of drug-likeness (QED) is 0.177. The van der Waals surface area contributed by atoms with Gasteiger partial charge in [0.2, 0.25) is 0 Å². The standard InChI is InChI=1S/C42H28N6/c1-2-7-31(8-3-1)40-46-41(32-15-13-29(14-16-32)30-17-21-43-22-18-30)48-42(47-40)39-25-37(24-38(26-39)36-12-6-20-45-28-36)34-10-4-9-33(23-34)35-11-5-19-44-27-35/h1-28H. The van der Waals surface area contributed by atoms with Gasteiger partial charge in [0.1, 0.15) is 0 Å². The highest BCUT2D eigenvalue weighted by Crippen LogP contribution is 2.35. The van der Waals surface area contributed by atoms with Gasteiger partial charge in [-0.1, -0.05) is 84.9 Å². The Morgan fingerprint density at radius 2 is 0.688 bits per heavy atom. The molecular formula is C42H28N6. The summed E-state index contributed by atoms with van der Waals surface area (Å²) >= 11 is 0. The van der Waals surface area contributed by atoms with Gasteiger partial charge in [-0.25, -0.2) is 15.0 Å². The van der Waals surface area contributed by atoms with Crippen LogP contribution in [0.4, 0.5) is 0 Å². The third-order valence-corrected chi connectivity index (χ3v) is 8.20. The Bertz CT molecular complexity index is 2310. The van der Waals surface area contributed by atoms with Gasteiger partial charge < -0.3 is 0 Å². The zero-order chi connectivity index (χ0) is 32.1. The molecule has 0 fully saturated rings. The Labute approximate surface area is 278 Å². The molecule has 4 aromatic carbocycles. The van der Waals surface area contributed by atoms with Crippen molar-refractivity contribution in [1.29, 1.82) is 0 Å². The van der Waals surface area contributed by atoms with E-state index in [4.69, 9.17) is 15.0 Å². The van der Waals surface area contributed by atoms with Crippen LogP contribution in [0.2, 0.25) is 0 Å². The van der Waals surface area contributed by atoms with Crippen LogP contribution in [0.5, 0.6) is 0 Å². The second-order valence-corrected chi connectivity index (χ2v) is 11.3. The number of aromatic nitrogens is 6. The van der Waals surface area contributed by atoms with Crippen LogP contribution in [0.3, 0.4) is 0 Å². The van der Waals surface area contributed by atoms with Crippen molar-refractivity contribution in [2.75, 3.05) is 0 Å². The minimum atomic E-state index is 0.590. The Balaban J connectivity index is 1.29. The largest absolute Gasteiger partial charge is 0.265 e. The van der Waals surface area contributed by atoms with Crippen molar-refractivity contribution in [1.82, 2.24) is 29.9 Å². The zero-order valence-corrected chi connectivity index (χ0v) is 25.8. The van der Waals surface area contributed by atoms with E-state index in [-0.39, 0.29) is 0 Å². The molecule has 8 rings (SSSR count). The predicted octanol–water partition coefficient (Wildman–Crippen LogP) is 9.73. The molecule has 226 valence electrons. The van der Waals surface area contributed by atoms with Crippen molar-refractivity contribution in [3.05, 3.63) is 171 Å². The van der Waals surface area contributed by atoms with Crippen LogP contribution in [0, 0.1) is 0 Å². The monoisotopic (exact) mass is 616 g/mol. The first kappa shape index (κ1) is 28.8. The topological polar surface area (TPSA) is 77.3 Å². The number of nitrogens with zero attached hydrogens (tertiary/aromatic N) is 6. The number of pyridine rings is 3. The van der Waals surface area contributed by atoms with Crippen LogP contribution in [-0.2, 0) is 0 Å². The van der Waals surface area contributed by atoms with E-state index in [0.717, 1.165) is 61.2 Å². The summed E-state index contributed by atoms with van der Waals surface area (Å²) in [5.41, 5.74) is 11.2. The average Bonchev–Trinajstić information content (AvgIpc) is 3.19. The molecule has 6 nitrogen and oxygen atoms in total. The Kier molecular flexibility index (Phi) is 7.79. The number of hydrogen-bond acceptors (Lipinski definition) is 6. The molecule has 6 heteroatoms. The van der Waals surface area contributed by atoms with E-state index in [1.54, 1.807) is 24.8 Å². The second-order valence-electron chi connectivity index (χ2n) is 11.3. The Hall–Kier alpha value is -6.66. The maximum atomic E-state index is 5.08. The van der Waals surface area contributed by atoms with Gasteiger partial charge in [0.05, 0.1) is 0 Å². The third kappa shape index (κ3) is 6.10. The summed E-state index contributed by atoms with van der Waals surface area (Å²) in [5, 5.41) is 0. The molecule has 0 radical (unpaired) electrons. The zero-order valence-electron chi connectivity index (χ0n) is 25.8. The normalized spacial score (nSPS) is 10.9. The van der Waals surface area contributed by atoms with E-state index < -0.39 is 0 Å². The van der Waals surface area contributed by atoms with Crippen LogP contribution in [0.15, 0.2) is 171 Å². The molecule has 0 aliphatic heterocycles. The molecule has 0 bridgehead atoms. The lowest BCUT2D eigenvalue weighted by Crippen LogP contribution is -2.00. The minimum absolute atomic E-state index is 0.590. The fourth-order valence-corrected chi connectivity index (χ4v) is 5.74. The summed E-state index contributed by atoms with van der Waals surface area (Å²) in [6.07, 6.45) is 11.0. The van der Waals surface area contributed by atoms with Crippen molar-refractivity contribution in [3.8, 4) is 78.7 Å². The molecule has 4 aromatic heterocycles. The molecule has 0 aliphatic rings. The molecule has 0 unspecified atom stereocenters. The van der Waals surface area contributed by atoms with Gasteiger partial charge in [0.15, 0.2) is 17.5 Å². The highest BCUT2D eigenvalue weighted by molar-refractivity contribution is 5.82. The molecule has 0 amide bonds. The highest BCUT2D eigenvalue weighted by atomic mass is 15.0. The first-order chi connectivity index (χ1) is 23.8. The summed E-state index contributed by atoms with van der Waals surface area (Å²) < 4.78 is 0. The second kappa shape index (κ2) is 13.0. The summed E-state index contributed by atoms with van der Waals surface area (Å²) in [4.78, 5) is 28.0. The molecule has 0 N–H and O–H groups in total. The van der Waals surface area contributed by atoms with Gasteiger partial charge in [0, 0.05) is 65.0 Å². The van der Waals surface area contributed by atoms with Gasteiger partial charge in [-0.2, -0.15) is 0 Å². The average molecular weight is 617 g/mol. The number of hydrogen-bond donors (Lipinski definition) is 0. The van der Waals surface area contributed by atoms with Gasteiger partial charge in [0.25, 0.3) is 0 Å². The molecule has 0 spiro atoms. The maximum Gasteiger partial charge on any atom is 0.164 e. The van der Waals surface area contributed by atoms with Crippen molar-refractivity contribution in [2.24, 2.45) is 0 Å². The van der Waals surface area contributed by atoms with Crippen molar-refractivity contribution >= 4 is 0 Å². The fraction of sp³-hybridized carbons (Fsp3) is 0. The highest BCUT2D eigenvalue weighted by Gasteiger charge is 2.15. The van der Waals surface area contributed by atoms with Gasteiger partial charge in [-0.05, 0) is 81.9 Å². The molecule has 4 heterocycles. The molecule has 0 aliphatic carbocycles. The van der Waals surface area contributed by atoms with Crippen LogP contribution in [0.1, 0.15) is 0 Å². The summed E-state index contributed by atoms with van der Waals surface area (Å²) in [6.45, 7) is 0. The first-order valence-electron chi connectivity index (χ1n) is 15.7. The summed E-state index contributed by atoms with van der Waals surface area (Å²) in [6, 6.07) is 45.4. The first-order valence-corrected chi connectivity index (χ1v) is 15.7. The Morgan fingerprint density at radius 3 is 1.31 bits per heavy atom. The van der Waals surface area contributed by atoms with Crippen LogP contribution >= 0.6 is 0 Å². The molecule has 0 saturated carbocycles. The van der Waals surface area contributed by atoms with E-state index in [1.165, 1.54) is 0 Å². The number of rotatable bonds is 7. The van der Waals surface area contributed by atoms with E-state index >= 15 is 0 Å². The molecule has 0 atom stereocenters. The molecule has 48 heavy (non-hydrogen) atoms. The molecule has 8 aromatic rings.